The van der Waals surface area contributed by atoms with Crippen molar-refractivity contribution in [3.05, 3.63) is 34.6 Å². The van der Waals surface area contributed by atoms with Gasteiger partial charge in [0.15, 0.2) is 5.16 Å². The molecule has 29 heavy (non-hydrogen) atoms. The Hall–Kier alpha value is -1.43. The van der Waals surface area contributed by atoms with E-state index in [1.807, 2.05) is 35.8 Å². The third-order valence-corrected chi connectivity index (χ3v) is 7.51. The predicted molar refractivity (Wildman–Crippen MR) is 118 cm³/mol. The van der Waals surface area contributed by atoms with Crippen LogP contribution in [0.1, 0.15) is 31.5 Å². The Balaban J connectivity index is 1.64. The first-order valence-corrected chi connectivity index (χ1v) is 13.0. The number of sulfonamides is 1. The molecule has 2 aromatic rings. The molecule has 8 nitrogen and oxygen atoms in total. The Morgan fingerprint density at radius 1 is 1.31 bits per heavy atom. The predicted octanol–water partition coefficient (Wildman–Crippen LogP) is 2.93. The van der Waals surface area contributed by atoms with Crippen molar-refractivity contribution in [2.45, 2.75) is 37.4 Å². The van der Waals surface area contributed by atoms with Gasteiger partial charge < -0.3 is 9.88 Å². The van der Waals surface area contributed by atoms with Crippen LogP contribution >= 0.6 is 27.7 Å². The van der Waals surface area contributed by atoms with Crippen LogP contribution in [0.15, 0.2) is 33.9 Å². The minimum Gasteiger partial charge on any atom is -0.325 e. The molecule has 0 bridgehead atoms. The maximum Gasteiger partial charge on any atom is 0.234 e. The zero-order chi connectivity index (χ0) is 21.0. The number of carbonyl (C=O) groups is 1. The van der Waals surface area contributed by atoms with Crippen molar-refractivity contribution in [3.8, 4) is 0 Å². The lowest BCUT2D eigenvalue weighted by Crippen LogP contribution is -2.39. The molecule has 2 heterocycles. The zero-order valence-electron chi connectivity index (χ0n) is 16.3. The number of halogens is 1. The molecule has 1 aromatic carbocycles. The summed E-state index contributed by atoms with van der Waals surface area (Å²) in [5.74, 6) is 0.896. The highest BCUT2D eigenvalue weighted by molar-refractivity contribution is 9.10. The van der Waals surface area contributed by atoms with E-state index >= 15 is 0 Å². The van der Waals surface area contributed by atoms with Crippen LogP contribution in [-0.4, -0.2) is 58.5 Å². The van der Waals surface area contributed by atoms with E-state index in [9.17, 15) is 13.2 Å². The first-order valence-electron chi connectivity index (χ1n) is 9.34. The summed E-state index contributed by atoms with van der Waals surface area (Å²) in [5.41, 5.74) is 0.736. The molecule has 0 saturated carbocycles. The summed E-state index contributed by atoms with van der Waals surface area (Å²) < 4.78 is 28.2. The molecule has 1 atom stereocenters. The molecule has 3 rings (SSSR count). The van der Waals surface area contributed by atoms with Crippen LogP contribution in [0.4, 0.5) is 5.69 Å². The largest absolute Gasteiger partial charge is 0.325 e. The zero-order valence-corrected chi connectivity index (χ0v) is 19.6. The Morgan fingerprint density at radius 3 is 2.69 bits per heavy atom. The monoisotopic (exact) mass is 501 g/mol. The van der Waals surface area contributed by atoms with Gasteiger partial charge in [-0.25, -0.2) is 12.7 Å². The molecule has 158 valence electrons. The number of aromatic nitrogens is 3. The van der Waals surface area contributed by atoms with Crippen LogP contribution in [0.5, 0.6) is 0 Å². The van der Waals surface area contributed by atoms with Crippen LogP contribution < -0.4 is 5.32 Å². The van der Waals surface area contributed by atoms with Crippen molar-refractivity contribution < 1.29 is 13.2 Å². The minimum absolute atomic E-state index is 0.0110. The van der Waals surface area contributed by atoms with Gasteiger partial charge in [-0.15, -0.1) is 10.2 Å². The van der Waals surface area contributed by atoms with Crippen LogP contribution in [-0.2, 0) is 21.4 Å². The van der Waals surface area contributed by atoms with Crippen LogP contribution in [0.2, 0.25) is 0 Å². The maximum absolute atomic E-state index is 12.3. The van der Waals surface area contributed by atoms with Crippen LogP contribution in [0.25, 0.3) is 0 Å². The fourth-order valence-electron chi connectivity index (χ4n) is 3.32. The molecule has 1 N–H and O–H groups in total. The molecule has 1 fully saturated rings. The SMILES string of the molecule is CCn1c(SCC(=O)Nc2ccc(Br)cc2)nnc1[C@@H]1CCCN(S(C)(=O)=O)C1. The highest BCUT2D eigenvalue weighted by atomic mass is 79.9. The van der Waals surface area contributed by atoms with Gasteiger partial charge in [0.2, 0.25) is 15.9 Å². The van der Waals surface area contributed by atoms with Crippen molar-refractivity contribution >= 4 is 49.3 Å². The van der Waals surface area contributed by atoms with Crippen LogP contribution in [0, 0.1) is 0 Å². The number of hydrogen-bond acceptors (Lipinski definition) is 6. The first kappa shape index (κ1) is 22.3. The number of carbonyl (C=O) groups excluding carboxylic acids is 1. The van der Waals surface area contributed by atoms with Crippen LogP contribution in [0.3, 0.4) is 0 Å². The molecule has 0 radical (unpaired) electrons. The van der Waals surface area contributed by atoms with Gasteiger partial charge in [-0.1, -0.05) is 27.7 Å². The topological polar surface area (TPSA) is 97.2 Å². The summed E-state index contributed by atoms with van der Waals surface area (Å²) in [6.07, 6.45) is 2.91. The van der Waals surface area contributed by atoms with E-state index in [2.05, 4.69) is 31.4 Å². The minimum atomic E-state index is -3.22. The van der Waals surface area contributed by atoms with Gasteiger partial charge in [0, 0.05) is 35.7 Å². The highest BCUT2D eigenvalue weighted by Crippen LogP contribution is 2.29. The summed E-state index contributed by atoms with van der Waals surface area (Å²) in [5, 5.41) is 12.1. The summed E-state index contributed by atoms with van der Waals surface area (Å²) in [6.45, 7) is 3.63. The van der Waals surface area contributed by atoms with Crippen molar-refractivity contribution in [2.24, 2.45) is 0 Å². The Morgan fingerprint density at radius 2 is 2.03 bits per heavy atom. The lowest BCUT2D eigenvalue weighted by atomic mass is 9.99. The van der Waals surface area contributed by atoms with E-state index < -0.39 is 10.0 Å². The third kappa shape index (κ3) is 5.80. The average molecular weight is 502 g/mol. The van der Waals surface area contributed by atoms with Crippen molar-refractivity contribution in [1.82, 2.24) is 19.1 Å². The van der Waals surface area contributed by atoms with Crippen molar-refractivity contribution in [3.63, 3.8) is 0 Å². The summed E-state index contributed by atoms with van der Waals surface area (Å²) in [6, 6.07) is 7.39. The molecule has 0 spiro atoms. The molecule has 0 aliphatic carbocycles. The average Bonchev–Trinajstić information content (AvgIpc) is 3.10. The van der Waals surface area contributed by atoms with Gasteiger partial charge in [0.05, 0.1) is 12.0 Å². The van der Waals surface area contributed by atoms with Gasteiger partial charge in [-0.3, -0.25) is 4.79 Å². The normalized spacial score (nSPS) is 18.0. The molecule has 1 saturated heterocycles. The van der Waals surface area contributed by atoms with E-state index in [1.165, 1.54) is 22.3 Å². The summed E-state index contributed by atoms with van der Waals surface area (Å²) >= 11 is 4.70. The highest BCUT2D eigenvalue weighted by Gasteiger charge is 2.30. The lowest BCUT2D eigenvalue weighted by Gasteiger charge is -2.30. The molecular weight excluding hydrogens is 478 g/mol. The molecule has 1 aliphatic heterocycles. The number of rotatable bonds is 7. The molecule has 1 aromatic heterocycles. The number of hydrogen-bond donors (Lipinski definition) is 1. The van der Waals surface area contributed by atoms with Gasteiger partial charge >= 0.3 is 0 Å². The molecule has 1 amide bonds. The number of piperidine rings is 1. The van der Waals surface area contributed by atoms with Gasteiger partial charge in [-0.05, 0) is 44.0 Å². The quantitative estimate of drug-likeness (QED) is 0.585. The third-order valence-electron chi connectivity index (χ3n) is 4.74. The molecule has 0 unspecified atom stereocenters. The second kappa shape index (κ2) is 9.59. The lowest BCUT2D eigenvalue weighted by molar-refractivity contribution is -0.113. The number of nitrogens with zero attached hydrogens (tertiary/aromatic N) is 4. The number of thioether (sulfide) groups is 1. The van der Waals surface area contributed by atoms with Gasteiger partial charge in [0.1, 0.15) is 5.82 Å². The first-order chi connectivity index (χ1) is 13.8. The Bertz CT molecular complexity index is 962. The van der Waals surface area contributed by atoms with Gasteiger partial charge in [-0.2, -0.15) is 0 Å². The summed E-state index contributed by atoms with van der Waals surface area (Å²) in [4.78, 5) is 12.3. The second-order valence-corrected chi connectivity index (χ2v) is 10.7. The number of anilines is 1. The van der Waals surface area contributed by atoms with E-state index in [0.29, 0.717) is 24.8 Å². The number of benzene rings is 1. The molecule has 1 aliphatic rings. The smallest absolute Gasteiger partial charge is 0.234 e. The molecule has 11 heteroatoms. The number of nitrogens with one attached hydrogen (secondary N) is 1. The second-order valence-electron chi connectivity index (χ2n) is 6.89. The van der Waals surface area contributed by atoms with E-state index in [4.69, 9.17) is 0 Å². The molecular formula is C18H24BrN5O3S2. The van der Waals surface area contributed by atoms with E-state index in [0.717, 1.165) is 28.8 Å². The number of amides is 1. The van der Waals surface area contributed by atoms with Gasteiger partial charge in [0.25, 0.3) is 0 Å². The van der Waals surface area contributed by atoms with E-state index in [1.54, 1.807) is 0 Å². The van der Waals surface area contributed by atoms with Crippen molar-refractivity contribution in [2.75, 3.05) is 30.4 Å². The standard InChI is InChI=1S/C18H24BrN5O3S2/c1-3-24-17(13-5-4-10-23(11-13)29(2,26)27)21-22-18(24)28-12-16(25)20-15-8-6-14(19)7-9-15/h6-9,13H,3-5,10-12H2,1-2H3,(H,20,25)/t13-/m1/s1. The fourth-order valence-corrected chi connectivity index (χ4v) is 5.31. The Kier molecular flexibility index (Phi) is 7.36. The maximum atomic E-state index is 12.3. The van der Waals surface area contributed by atoms with Crippen molar-refractivity contribution in [1.29, 1.82) is 0 Å². The summed E-state index contributed by atoms with van der Waals surface area (Å²) in [7, 11) is -3.22. The fraction of sp³-hybridized carbons (Fsp3) is 0.500. The van der Waals surface area contributed by atoms with E-state index in [-0.39, 0.29) is 17.6 Å². The Labute approximate surface area is 183 Å².